The van der Waals surface area contributed by atoms with E-state index in [4.69, 9.17) is 5.11 Å². The van der Waals surface area contributed by atoms with Gasteiger partial charge in [0.05, 0.1) is 6.61 Å². The molecule has 1 heterocycles. The van der Waals surface area contributed by atoms with E-state index in [0.717, 1.165) is 45.7 Å². The molecule has 0 amide bonds. The van der Waals surface area contributed by atoms with Gasteiger partial charge in [0, 0.05) is 51.1 Å². The summed E-state index contributed by atoms with van der Waals surface area (Å²) in [6.07, 6.45) is 6.10. The predicted molar refractivity (Wildman–Crippen MR) is 102 cm³/mol. The zero-order valence-corrected chi connectivity index (χ0v) is 16.4. The Morgan fingerprint density at radius 2 is 1.58 bits per heavy atom. The molecule has 1 aliphatic heterocycles. The van der Waals surface area contributed by atoms with Crippen molar-refractivity contribution in [3.63, 3.8) is 0 Å². The average Bonchev–Trinajstić information content (AvgIpc) is 2.52. The molecule has 0 spiro atoms. The van der Waals surface area contributed by atoms with Gasteiger partial charge >= 0.3 is 0 Å². The fraction of sp³-hybridized carbons (Fsp3) is 1.00. The topological polar surface area (TPSA) is 68.2 Å². The molecule has 0 unspecified atom stereocenters. The summed E-state index contributed by atoms with van der Waals surface area (Å²) in [6, 6.07) is 0. The lowest BCUT2D eigenvalue weighted by Crippen LogP contribution is -2.49. The second-order valence-electron chi connectivity index (χ2n) is 7.82. The van der Waals surface area contributed by atoms with Crippen LogP contribution in [-0.2, 0) is 0 Å². The molecule has 0 radical (unpaired) electrons. The third-order valence-electron chi connectivity index (χ3n) is 4.04. The minimum Gasteiger partial charge on any atom is -0.395 e. The van der Waals surface area contributed by atoms with Crippen LogP contribution in [0.5, 0.6) is 0 Å². The summed E-state index contributed by atoms with van der Waals surface area (Å²) in [5.74, 6) is 0. The summed E-state index contributed by atoms with van der Waals surface area (Å²) in [5.41, 5.74) is 2.80. The van der Waals surface area contributed by atoms with Crippen LogP contribution in [0.25, 0.3) is 0 Å². The van der Waals surface area contributed by atoms with Gasteiger partial charge in [0.25, 0.3) is 0 Å². The number of nitrogens with zero attached hydrogens (tertiary/aromatic N) is 3. The molecule has 1 rings (SSSR count). The Morgan fingerprint density at radius 1 is 1.00 bits per heavy atom. The summed E-state index contributed by atoms with van der Waals surface area (Å²) >= 11 is 0. The largest absolute Gasteiger partial charge is 0.395 e. The molecule has 2 N–H and O–H groups in total. The lowest BCUT2D eigenvalue weighted by Gasteiger charge is -2.37. The van der Waals surface area contributed by atoms with E-state index in [1.165, 1.54) is 32.2 Å². The van der Waals surface area contributed by atoms with Crippen molar-refractivity contribution in [2.45, 2.75) is 59.8 Å². The van der Waals surface area contributed by atoms with Gasteiger partial charge in [0.1, 0.15) is 0 Å². The Bertz CT molecular complexity index is 287. The van der Waals surface area contributed by atoms with Crippen molar-refractivity contribution in [1.29, 1.82) is 0 Å². The van der Waals surface area contributed by atoms with Crippen LogP contribution >= 0.6 is 0 Å². The van der Waals surface area contributed by atoms with E-state index >= 15 is 0 Å². The fourth-order valence-electron chi connectivity index (χ4n) is 2.84. The summed E-state index contributed by atoms with van der Waals surface area (Å²) in [4.78, 5) is 14.4. The molecule has 0 bridgehead atoms. The van der Waals surface area contributed by atoms with Crippen LogP contribution in [0.15, 0.2) is 5.29 Å². The molecule has 1 aliphatic rings. The first-order valence-corrected chi connectivity index (χ1v) is 9.53. The van der Waals surface area contributed by atoms with E-state index < -0.39 is 0 Å². The smallest absolute Gasteiger partial charge is 0.0558 e. The Kier molecular flexibility index (Phi) is 14.2. The van der Waals surface area contributed by atoms with Crippen LogP contribution in [0, 0.1) is 10.3 Å². The van der Waals surface area contributed by atoms with E-state index in [1.54, 1.807) is 0 Å². The highest BCUT2D eigenvalue weighted by atomic mass is 16.3. The SMILES string of the molecule is CC(C)(C)CN1CCN(CCO)CC1.CCCCCCCNN=O. The molecule has 0 aliphatic carbocycles. The Hall–Kier alpha value is -0.720. The lowest BCUT2D eigenvalue weighted by atomic mass is 9.96. The molecular weight excluding hydrogens is 304 g/mol. The second kappa shape index (κ2) is 14.6. The van der Waals surface area contributed by atoms with Crippen molar-refractivity contribution >= 4 is 0 Å². The van der Waals surface area contributed by atoms with Gasteiger partial charge in [-0.15, -0.1) is 4.91 Å². The van der Waals surface area contributed by atoms with Gasteiger partial charge in [-0.3, -0.25) is 10.3 Å². The number of rotatable bonds is 10. The van der Waals surface area contributed by atoms with E-state index in [9.17, 15) is 4.91 Å². The maximum Gasteiger partial charge on any atom is 0.0558 e. The van der Waals surface area contributed by atoms with Crippen molar-refractivity contribution in [2.75, 3.05) is 52.4 Å². The van der Waals surface area contributed by atoms with Gasteiger partial charge in [-0.2, -0.15) is 0 Å². The first-order valence-electron chi connectivity index (χ1n) is 9.53. The van der Waals surface area contributed by atoms with E-state index in [1.807, 2.05) is 0 Å². The fourth-order valence-corrected chi connectivity index (χ4v) is 2.84. The molecule has 0 saturated carbocycles. The van der Waals surface area contributed by atoms with E-state index in [-0.39, 0.29) is 0 Å². The van der Waals surface area contributed by atoms with Gasteiger partial charge in [-0.1, -0.05) is 53.4 Å². The van der Waals surface area contributed by atoms with Gasteiger partial charge in [0.2, 0.25) is 0 Å². The first kappa shape index (κ1) is 23.3. The van der Waals surface area contributed by atoms with Crippen LogP contribution in [0.2, 0.25) is 0 Å². The molecule has 1 saturated heterocycles. The van der Waals surface area contributed by atoms with Crippen LogP contribution in [0.4, 0.5) is 0 Å². The Labute approximate surface area is 148 Å². The van der Waals surface area contributed by atoms with Gasteiger partial charge in [0.15, 0.2) is 0 Å². The normalized spacial score (nSPS) is 16.4. The standard InChI is InChI=1S/C11H24N2O.C7H16N2O/c1-11(2,3)10-13-6-4-12(5-7-13)8-9-14;1-2-3-4-5-6-7-8-9-10/h14H,4-10H2,1-3H3;2-7H2,1H3,(H,8,10). The minimum atomic E-state index is 0.291. The number of hydrogen-bond donors (Lipinski definition) is 2. The zero-order chi connectivity index (χ0) is 18.3. The Morgan fingerprint density at radius 3 is 2.08 bits per heavy atom. The molecule has 6 heteroatoms. The highest BCUT2D eigenvalue weighted by Crippen LogP contribution is 2.16. The Balaban J connectivity index is 0.000000470. The number of aliphatic hydroxyl groups excluding tert-OH is 1. The summed E-state index contributed by atoms with van der Waals surface area (Å²) in [7, 11) is 0. The molecule has 0 aromatic heterocycles. The predicted octanol–water partition coefficient (Wildman–Crippen LogP) is 2.87. The van der Waals surface area contributed by atoms with Crippen LogP contribution in [-0.4, -0.2) is 67.3 Å². The second-order valence-corrected chi connectivity index (χ2v) is 7.82. The molecule has 0 aromatic rings. The summed E-state index contributed by atoms with van der Waals surface area (Å²) in [6.45, 7) is 16.6. The maximum absolute atomic E-state index is 9.53. The number of β-amino-alcohol motifs (C(OH)–C–C–N with tert-alkyl or cyclic N) is 1. The van der Waals surface area contributed by atoms with E-state index in [0.29, 0.717) is 12.0 Å². The van der Waals surface area contributed by atoms with Crippen LogP contribution in [0.1, 0.15) is 59.8 Å². The third-order valence-corrected chi connectivity index (χ3v) is 4.04. The molecule has 24 heavy (non-hydrogen) atoms. The number of nitroso groups, excluding NO2 is 1. The molecule has 1 fully saturated rings. The monoisotopic (exact) mass is 344 g/mol. The average molecular weight is 345 g/mol. The van der Waals surface area contributed by atoms with Crippen LogP contribution < -0.4 is 5.43 Å². The number of hydrogen-bond acceptors (Lipinski definition) is 5. The zero-order valence-electron chi connectivity index (χ0n) is 16.4. The number of unbranched alkanes of at least 4 members (excludes halogenated alkanes) is 4. The van der Waals surface area contributed by atoms with Crippen molar-refractivity contribution < 1.29 is 5.11 Å². The van der Waals surface area contributed by atoms with E-state index in [2.05, 4.69) is 48.2 Å². The molecular formula is C18H40N4O2. The summed E-state index contributed by atoms with van der Waals surface area (Å²) in [5, 5.41) is 11.4. The molecule has 6 nitrogen and oxygen atoms in total. The highest BCUT2D eigenvalue weighted by molar-refractivity contribution is 4.75. The molecule has 144 valence electrons. The molecule has 0 aromatic carbocycles. The van der Waals surface area contributed by atoms with Crippen molar-refractivity contribution in [3.05, 3.63) is 4.91 Å². The van der Waals surface area contributed by atoms with Crippen molar-refractivity contribution in [2.24, 2.45) is 10.7 Å². The number of aliphatic hydroxyl groups is 1. The number of nitrogens with one attached hydrogen (secondary N) is 1. The van der Waals surface area contributed by atoms with Crippen molar-refractivity contribution in [3.8, 4) is 0 Å². The number of piperazine rings is 1. The minimum absolute atomic E-state index is 0.291. The summed E-state index contributed by atoms with van der Waals surface area (Å²) < 4.78 is 0. The van der Waals surface area contributed by atoms with Crippen molar-refractivity contribution in [1.82, 2.24) is 15.2 Å². The van der Waals surface area contributed by atoms with Gasteiger partial charge in [-0.25, -0.2) is 0 Å². The maximum atomic E-state index is 9.53. The highest BCUT2D eigenvalue weighted by Gasteiger charge is 2.20. The van der Waals surface area contributed by atoms with Gasteiger partial charge in [-0.05, 0) is 11.8 Å². The lowest BCUT2D eigenvalue weighted by molar-refractivity contribution is 0.0898. The quantitative estimate of drug-likeness (QED) is 0.362. The third kappa shape index (κ3) is 14.8. The van der Waals surface area contributed by atoms with Gasteiger partial charge < -0.3 is 10.0 Å². The van der Waals surface area contributed by atoms with Crippen LogP contribution in [0.3, 0.4) is 0 Å². The first-order chi connectivity index (χ1) is 11.4. The molecule has 0 atom stereocenters.